The second kappa shape index (κ2) is 4.86. The number of aromatic nitrogens is 3. The SMILES string of the molecule is Cc1ncccc1OC(C)Nc1ccnn1C. The predicted molar refractivity (Wildman–Crippen MR) is 65.9 cm³/mol. The summed E-state index contributed by atoms with van der Waals surface area (Å²) in [6, 6.07) is 5.67. The lowest BCUT2D eigenvalue weighted by molar-refractivity contribution is 0.246. The van der Waals surface area contributed by atoms with Gasteiger partial charge in [-0.15, -0.1) is 0 Å². The van der Waals surface area contributed by atoms with Gasteiger partial charge in [0.25, 0.3) is 0 Å². The smallest absolute Gasteiger partial charge is 0.168 e. The topological polar surface area (TPSA) is 52.0 Å². The largest absolute Gasteiger partial charge is 0.469 e. The molecule has 2 rings (SSSR count). The van der Waals surface area contributed by atoms with E-state index in [1.807, 2.05) is 39.1 Å². The number of hydrogen-bond donors (Lipinski definition) is 1. The van der Waals surface area contributed by atoms with Crippen LogP contribution in [0.2, 0.25) is 0 Å². The molecule has 0 aliphatic carbocycles. The van der Waals surface area contributed by atoms with Crippen molar-refractivity contribution in [2.75, 3.05) is 5.32 Å². The molecule has 0 aliphatic rings. The fourth-order valence-corrected chi connectivity index (χ4v) is 1.54. The number of pyridine rings is 1. The van der Waals surface area contributed by atoms with Crippen molar-refractivity contribution in [3.63, 3.8) is 0 Å². The minimum absolute atomic E-state index is 0.145. The van der Waals surface area contributed by atoms with Crippen molar-refractivity contribution in [3.8, 4) is 5.75 Å². The molecule has 2 heterocycles. The Morgan fingerprint density at radius 2 is 2.18 bits per heavy atom. The zero-order valence-electron chi connectivity index (χ0n) is 10.2. The first-order valence-corrected chi connectivity index (χ1v) is 5.49. The summed E-state index contributed by atoms with van der Waals surface area (Å²) < 4.78 is 7.52. The highest BCUT2D eigenvalue weighted by Gasteiger charge is 2.07. The van der Waals surface area contributed by atoms with Crippen LogP contribution in [0.3, 0.4) is 0 Å². The van der Waals surface area contributed by atoms with E-state index in [0.29, 0.717) is 0 Å². The number of nitrogens with one attached hydrogen (secondary N) is 1. The van der Waals surface area contributed by atoms with Gasteiger partial charge >= 0.3 is 0 Å². The van der Waals surface area contributed by atoms with Crippen LogP contribution in [0.15, 0.2) is 30.6 Å². The quantitative estimate of drug-likeness (QED) is 0.819. The highest BCUT2D eigenvalue weighted by atomic mass is 16.5. The van der Waals surface area contributed by atoms with Gasteiger partial charge in [0.05, 0.1) is 11.9 Å². The molecule has 0 saturated heterocycles. The van der Waals surface area contributed by atoms with Gasteiger partial charge in [0.2, 0.25) is 0 Å². The van der Waals surface area contributed by atoms with E-state index < -0.39 is 0 Å². The lowest BCUT2D eigenvalue weighted by Crippen LogP contribution is -2.24. The Balaban J connectivity index is 2.01. The van der Waals surface area contributed by atoms with Crippen molar-refractivity contribution in [2.45, 2.75) is 20.1 Å². The molecular formula is C12H16N4O. The van der Waals surface area contributed by atoms with Crippen molar-refractivity contribution in [1.82, 2.24) is 14.8 Å². The monoisotopic (exact) mass is 232 g/mol. The van der Waals surface area contributed by atoms with Gasteiger partial charge in [-0.25, -0.2) is 0 Å². The predicted octanol–water partition coefficient (Wildman–Crippen LogP) is 1.96. The Kier molecular flexibility index (Phi) is 3.27. The maximum atomic E-state index is 5.76. The van der Waals surface area contributed by atoms with Gasteiger partial charge in [-0.05, 0) is 26.0 Å². The average molecular weight is 232 g/mol. The molecule has 0 aromatic carbocycles. The second-order valence-corrected chi connectivity index (χ2v) is 3.83. The minimum Gasteiger partial charge on any atom is -0.469 e. The van der Waals surface area contributed by atoms with E-state index >= 15 is 0 Å². The molecule has 0 bridgehead atoms. The molecule has 2 aromatic heterocycles. The summed E-state index contributed by atoms with van der Waals surface area (Å²) in [5.41, 5.74) is 0.881. The van der Waals surface area contributed by atoms with Crippen LogP contribution in [0, 0.1) is 6.92 Å². The molecular weight excluding hydrogens is 216 g/mol. The molecule has 2 aromatic rings. The summed E-state index contributed by atoms with van der Waals surface area (Å²) in [6.07, 6.45) is 3.35. The molecule has 5 heteroatoms. The van der Waals surface area contributed by atoms with Gasteiger partial charge in [0.15, 0.2) is 6.23 Å². The third kappa shape index (κ3) is 2.75. The highest BCUT2D eigenvalue weighted by Crippen LogP contribution is 2.16. The summed E-state index contributed by atoms with van der Waals surface area (Å²) in [6.45, 7) is 3.87. The third-order valence-electron chi connectivity index (χ3n) is 2.43. The molecule has 1 N–H and O–H groups in total. The standard InChI is InChI=1S/C12H16N4O/c1-9-11(5-4-7-13-9)17-10(2)15-12-6-8-14-16(12)3/h4-8,10,15H,1-3H3. The van der Waals surface area contributed by atoms with Crippen LogP contribution in [-0.4, -0.2) is 21.0 Å². The van der Waals surface area contributed by atoms with Gasteiger partial charge in [-0.2, -0.15) is 5.10 Å². The van der Waals surface area contributed by atoms with E-state index in [2.05, 4.69) is 15.4 Å². The lowest BCUT2D eigenvalue weighted by atomic mass is 10.3. The van der Waals surface area contributed by atoms with E-state index in [-0.39, 0.29) is 6.23 Å². The fourth-order valence-electron chi connectivity index (χ4n) is 1.54. The average Bonchev–Trinajstić information content (AvgIpc) is 2.68. The van der Waals surface area contributed by atoms with Crippen molar-refractivity contribution >= 4 is 5.82 Å². The van der Waals surface area contributed by atoms with Gasteiger partial charge in [-0.3, -0.25) is 9.67 Å². The second-order valence-electron chi connectivity index (χ2n) is 3.83. The summed E-state index contributed by atoms with van der Waals surface area (Å²) in [5, 5.41) is 7.30. The molecule has 0 radical (unpaired) electrons. The Morgan fingerprint density at radius 1 is 1.35 bits per heavy atom. The molecule has 0 spiro atoms. The zero-order valence-corrected chi connectivity index (χ0v) is 10.2. The number of rotatable bonds is 4. The van der Waals surface area contributed by atoms with E-state index in [9.17, 15) is 0 Å². The number of aryl methyl sites for hydroxylation is 2. The maximum absolute atomic E-state index is 5.76. The third-order valence-corrected chi connectivity index (χ3v) is 2.43. The van der Waals surface area contributed by atoms with Crippen LogP contribution in [0.4, 0.5) is 5.82 Å². The molecule has 0 aliphatic heterocycles. The van der Waals surface area contributed by atoms with Gasteiger partial charge in [0.1, 0.15) is 11.6 Å². The number of anilines is 1. The van der Waals surface area contributed by atoms with Gasteiger partial charge in [0, 0.05) is 19.3 Å². The van der Waals surface area contributed by atoms with Crippen molar-refractivity contribution < 1.29 is 4.74 Å². The molecule has 1 atom stereocenters. The Hall–Kier alpha value is -2.04. The zero-order chi connectivity index (χ0) is 12.3. The van der Waals surface area contributed by atoms with Crippen LogP contribution in [-0.2, 0) is 7.05 Å². The van der Waals surface area contributed by atoms with Crippen molar-refractivity contribution in [3.05, 3.63) is 36.3 Å². The molecule has 0 saturated carbocycles. The molecule has 1 unspecified atom stereocenters. The number of hydrogen-bond acceptors (Lipinski definition) is 4. The Morgan fingerprint density at radius 3 is 2.82 bits per heavy atom. The summed E-state index contributed by atoms with van der Waals surface area (Å²) in [4.78, 5) is 4.18. The lowest BCUT2D eigenvalue weighted by Gasteiger charge is -2.18. The minimum atomic E-state index is -0.145. The van der Waals surface area contributed by atoms with E-state index in [1.54, 1.807) is 17.1 Å². The van der Waals surface area contributed by atoms with E-state index in [0.717, 1.165) is 17.3 Å². The van der Waals surface area contributed by atoms with Crippen LogP contribution < -0.4 is 10.1 Å². The number of nitrogens with zero attached hydrogens (tertiary/aromatic N) is 3. The van der Waals surface area contributed by atoms with Crippen molar-refractivity contribution in [2.24, 2.45) is 7.05 Å². The van der Waals surface area contributed by atoms with Gasteiger partial charge < -0.3 is 10.1 Å². The molecule has 0 amide bonds. The first-order valence-electron chi connectivity index (χ1n) is 5.49. The molecule has 5 nitrogen and oxygen atoms in total. The van der Waals surface area contributed by atoms with E-state index in [1.165, 1.54) is 0 Å². The fraction of sp³-hybridized carbons (Fsp3) is 0.333. The first-order chi connectivity index (χ1) is 8.16. The number of ether oxygens (including phenoxy) is 1. The highest BCUT2D eigenvalue weighted by molar-refractivity contribution is 5.34. The Bertz CT molecular complexity index is 495. The van der Waals surface area contributed by atoms with Crippen molar-refractivity contribution in [1.29, 1.82) is 0 Å². The van der Waals surface area contributed by atoms with E-state index in [4.69, 9.17) is 4.74 Å². The summed E-state index contributed by atoms with van der Waals surface area (Å²) in [7, 11) is 1.88. The summed E-state index contributed by atoms with van der Waals surface area (Å²) in [5.74, 6) is 1.70. The maximum Gasteiger partial charge on any atom is 0.168 e. The molecule has 90 valence electrons. The van der Waals surface area contributed by atoms with Crippen LogP contribution in [0.1, 0.15) is 12.6 Å². The molecule has 17 heavy (non-hydrogen) atoms. The van der Waals surface area contributed by atoms with Crippen LogP contribution >= 0.6 is 0 Å². The van der Waals surface area contributed by atoms with Gasteiger partial charge in [-0.1, -0.05) is 0 Å². The first kappa shape index (κ1) is 11.4. The van der Waals surface area contributed by atoms with Crippen LogP contribution in [0.5, 0.6) is 5.75 Å². The summed E-state index contributed by atoms with van der Waals surface area (Å²) >= 11 is 0. The normalized spacial score (nSPS) is 12.2. The molecule has 0 fully saturated rings. The van der Waals surface area contributed by atoms with Crippen LogP contribution in [0.25, 0.3) is 0 Å². The Labute approximate surface area is 100 Å².